The van der Waals surface area contributed by atoms with Gasteiger partial charge in [0, 0.05) is 0 Å². The molecule has 0 nitrogen and oxygen atoms in total. The largest absolute Gasteiger partial charge is 0.0654 e. The fourth-order valence-electron chi connectivity index (χ4n) is 7.43. The number of hydrogen-bond acceptors (Lipinski definition) is 0. The topological polar surface area (TPSA) is 0 Å². The fraction of sp³-hybridized carbons (Fsp3) is 1.00. The van der Waals surface area contributed by atoms with Crippen molar-refractivity contribution in [1.82, 2.24) is 0 Å². The molecule has 0 aromatic carbocycles. The Labute approximate surface area is 178 Å². The predicted octanol–water partition coefficient (Wildman–Crippen LogP) is 9.57. The number of unbranched alkanes of at least 4 members (excludes halogenated alkanes) is 4. The first-order valence-corrected chi connectivity index (χ1v) is 13.8. The molecule has 0 aromatic rings. The van der Waals surface area contributed by atoms with E-state index in [9.17, 15) is 0 Å². The van der Waals surface area contributed by atoms with Crippen molar-refractivity contribution >= 4 is 0 Å². The van der Waals surface area contributed by atoms with E-state index >= 15 is 0 Å². The summed E-state index contributed by atoms with van der Waals surface area (Å²) >= 11 is 0. The maximum absolute atomic E-state index is 2.35. The van der Waals surface area contributed by atoms with Crippen LogP contribution in [0.25, 0.3) is 0 Å². The van der Waals surface area contributed by atoms with Crippen LogP contribution in [0.5, 0.6) is 0 Å². The maximum Gasteiger partial charge on any atom is -0.0383 e. The summed E-state index contributed by atoms with van der Waals surface area (Å²) in [7, 11) is 0. The van der Waals surface area contributed by atoms with Gasteiger partial charge in [-0.25, -0.2) is 0 Å². The highest BCUT2D eigenvalue weighted by Crippen LogP contribution is 2.47. The Morgan fingerprint density at radius 3 is 1.54 bits per heavy atom. The van der Waals surface area contributed by atoms with Gasteiger partial charge in [-0.2, -0.15) is 0 Å². The molecular weight excluding hydrogens is 336 g/mol. The normalized spacial score (nSPS) is 37.1. The molecule has 3 rings (SSSR count). The van der Waals surface area contributed by atoms with Crippen LogP contribution in [0.15, 0.2) is 0 Å². The van der Waals surface area contributed by atoms with E-state index < -0.39 is 0 Å². The Morgan fingerprint density at radius 1 is 0.464 bits per heavy atom. The molecule has 0 aliphatic heterocycles. The van der Waals surface area contributed by atoms with Gasteiger partial charge >= 0.3 is 0 Å². The first-order valence-electron chi connectivity index (χ1n) is 13.8. The van der Waals surface area contributed by atoms with E-state index in [1.54, 1.807) is 83.5 Å². The summed E-state index contributed by atoms with van der Waals surface area (Å²) < 4.78 is 0. The first kappa shape index (κ1) is 22.7. The lowest BCUT2D eigenvalue weighted by molar-refractivity contribution is 0.0980. The van der Waals surface area contributed by atoms with Crippen LogP contribution < -0.4 is 0 Å². The minimum Gasteiger partial charge on any atom is -0.0654 e. The van der Waals surface area contributed by atoms with Gasteiger partial charge in [-0.15, -0.1) is 0 Å². The maximum atomic E-state index is 2.35. The van der Waals surface area contributed by atoms with Crippen molar-refractivity contribution in [2.75, 3.05) is 0 Å². The highest BCUT2D eigenvalue weighted by Gasteiger charge is 2.34. The zero-order valence-corrected chi connectivity index (χ0v) is 19.6. The van der Waals surface area contributed by atoms with Gasteiger partial charge < -0.3 is 0 Å². The summed E-state index contributed by atoms with van der Waals surface area (Å²) in [4.78, 5) is 0. The summed E-state index contributed by atoms with van der Waals surface area (Å²) in [5.74, 6) is 6.61. The molecule has 3 saturated carbocycles. The summed E-state index contributed by atoms with van der Waals surface area (Å²) in [6.07, 6.45) is 30.7. The molecule has 0 heteroatoms. The lowest BCUT2D eigenvalue weighted by Crippen LogP contribution is -2.30. The molecule has 164 valence electrons. The molecule has 3 aliphatic rings. The predicted molar refractivity (Wildman–Crippen MR) is 125 cm³/mol. The highest BCUT2D eigenvalue weighted by atomic mass is 14.4. The summed E-state index contributed by atoms with van der Waals surface area (Å²) in [5, 5.41) is 0. The van der Waals surface area contributed by atoms with Gasteiger partial charge in [-0.1, -0.05) is 97.3 Å². The van der Waals surface area contributed by atoms with E-state index in [0.29, 0.717) is 0 Å². The minimum absolute atomic E-state index is 1.09. The average molecular weight is 389 g/mol. The average Bonchev–Trinajstić information content (AvgIpc) is 2.75. The van der Waals surface area contributed by atoms with E-state index in [1.165, 1.54) is 44.9 Å². The Balaban J connectivity index is 1.33. The van der Waals surface area contributed by atoms with Gasteiger partial charge in [-0.05, 0) is 80.5 Å². The van der Waals surface area contributed by atoms with Crippen LogP contribution in [-0.2, 0) is 0 Å². The van der Waals surface area contributed by atoms with Crippen LogP contribution in [0.4, 0.5) is 0 Å². The molecule has 2 atom stereocenters. The van der Waals surface area contributed by atoms with Crippen LogP contribution >= 0.6 is 0 Å². The van der Waals surface area contributed by atoms with Crippen LogP contribution in [0.2, 0.25) is 0 Å². The molecule has 0 radical (unpaired) electrons. The third-order valence-corrected chi connectivity index (χ3v) is 9.30. The smallest absolute Gasteiger partial charge is 0.0383 e. The molecule has 0 N–H and O–H groups in total. The molecule has 0 heterocycles. The monoisotopic (exact) mass is 388 g/mol. The molecular formula is C28H52. The Bertz CT molecular complexity index is 383. The quantitative estimate of drug-likeness (QED) is 0.327. The zero-order chi connectivity index (χ0) is 19.6. The molecule has 3 aliphatic carbocycles. The number of hydrogen-bond donors (Lipinski definition) is 0. The fourth-order valence-corrected chi connectivity index (χ4v) is 7.43. The van der Waals surface area contributed by atoms with Crippen molar-refractivity contribution in [2.45, 2.75) is 142 Å². The summed E-state index contributed by atoms with van der Waals surface area (Å²) in [5.41, 5.74) is 0. The molecule has 0 amide bonds. The van der Waals surface area contributed by atoms with E-state index in [4.69, 9.17) is 0 Å². The lowest BCUT2D eigenvalue weighted by atomic mass is 9.64. The van der Waals surface area contributed by atoms with Crippen molar-refractivity contribution in [3.05, 3.63) is 0 Å². The summed E-state index contributed by atoms with van der Waals surface area (Å²) in [6, 6.07) is 0. The molecule has 0 unspecified atom stereocenters. The second-order valence-corrected chi connectivity index (χ2v) is 11.2. The van der Waals surface area contributed by atoms with Crippen LogP contribution in [0.1, 0.15) is 142 Å². The molecule has 0 saturated heterocycles. The Kier molecular flexibility index (Phi) is 10.2. The van der Waals surface area contributed by atoms with Crippen molar-refractivity contribution in [1.29, 1.82) is 0 Å². The molecule has 0 spiro atoms. The van der Waals surface area contributed by atoms with E-state index in [0.717, 1.165) is 35.5 Å². The molecule has 0 aromatic heterocycles. The van der Waals surface area contributed by atoms with Gasteiger partial charge in [-0.3, -0.25) is 0 Å². The van der Waals surface area contributed by atoms with Crippen molar-refractivity contribution in [3.63, 3.8) is 0 Å². The van der Waals surface area contributed by atoms with E-state index in [-0.39, 0.29) is 0 Å². The minimum atomic E-state index is 1.09. The molecule has 28 heavy (non-hydrogen) atoms. The number of rotatable bonds is 10. The van der Waals surface area contributed by atoms with Crippen molar-refractivity contribution in [2.24, 2.45) is 35.5 Å². The van der Waals surface area contributed by atoms with Crippen LogP contribution in [-0.4, -0.2) is 0 Å². The van der Waals surface area contributed by atoms with E-state index in [2.05, 4.69) is 13.8 Å². The van der Waals surface area contributed by atoms with E-state index in [1.807, 2.05) is 0 Å². The standard InChI is InChI=1S/C28H52/c1-3-5-7-10-23-14-16-25(17-15-23)26-18-20-27(21-19-26)28-13-9-12-24(22-28)11-8-6-4-2/h23-28H,3-22H2,1-2H3/t23?,24-,25?,26?,27?,28+/m0/s1. The van der Waals surface area contributed by atoms with Crippen LogP contribution in [0.3, 0.4) is 0 Å². The van der Waals surface area contributed by atoms with Gasteiger partial charge in [0.25, 0.3) is 0 Å². The van der Waals surface area contributed by atoms with Crippen molar-refractivity contribution in [3.8, 4) is 0 Å². The third kappa shape index (κ3) is 7.05. The zero-order valence-electron chi connectivity index (χ0n) is 19.6. The molecule has 0 bridgehead atoms. The SMILES string of the molecule is CCCCCC1CCC(C2CCC([C@@H]3CCC[C@H](CCCCC)C3)CC2)CC1. The first-order chi connectivity index (χ1) is 13.8. The Hall–Kier alpha value is 0. The van der Waals surface area contributed by atoms with Gasteiger partial charge in [0.2, 0.25) is 0 Å². The highest BCUT2D eigenvalue weighted by molar-refractivity contribution is 4.86. The second-order valence-electron chi connectivity index (χ2n) is 11.2. The second kappa shape index (κ2) is 12.6. The molecule has 3 fully saturated rings. The van der Waals surface area contributed by atoms with Crippen molar-refractivity contribution < 1.29 is 0 Å². The van der Waals surface area contributed by atoms with Gasteiger partial charge in [0.15, 0.2) is 0 Å². The summed E-state index contributed by atoms with van der Waals surface area (Å²) in [6.45, 7) is 4.69. The van der Waals surface area contributed by atoms with Crippen LogP contribution in [0, 0.1) is 35.5 Å². The van der Waals surface area contributed by atoms with Gasteiger partial charge in [0.1, 0.15) is 0 Å². The lowest BCUT2D eigenvalue weighted by Gasteiger charge is -2.41. The third-order valence-electron chi connectivity index (χ3n) is 9.30. The Morgan fingerprint density at radius 2 is 0.964 bits per heavy atom. The van der Waals surface area contributed by atoms with Gasteiger partial charge in [0.05, 0.1) is 0 Å².